The summed E-state index contributed by atoms with van der Waals surface area (Å²) < 4.78 is 170. The summed E-state index contributed by atoms with van der Waals surface area (Å²) in [5.74, 6) is -0.663. The average molecular weight is 827 g/mol. The third kappa shape index (κ3) is 9.70. The monoisotopic (exact) mass is 826 g/mol. The van der Waals surface area contributed by atoms with Crippen LogP contribution in [0.15, 0.2) is 60.7 Å². The highest BCUT2D eigenvalue weighted by molar-refractivity contribution is 7.73. The minimum absolute atomic E-state index is 0.0671. The molecule has 2 unspecified atom stereocenters. The Morgan fingerprint density at radius 1 is 0.491 bits per heavy atom. The molecule has 55 heavy (non-hydrogen) atoms. The second kappa shape index (κ2) is 16.5. The smallest absolute Gasteiger partial charge is 0.166 e. The molecule has 3 aliphatic rings. The lowest BCUT2D eigenvalue weighted by atomic mass is 9.87. The summed E-state index contributed by atoms with van der Waals surface area (Å²) >= 11 is 0. The first-order valence-corrected chi connectivity index (χ1v) is 21.9. The van der Waals surface area contributed by atoms with Crippen LogP contribution in [0.5, 0.6) is 0 Å². The molecule has 0 N–H and O–H groups in total. The molecule has 302 valence electrons. The fourth-order valence-electron chi connectivity index (χ4n) is 9.36. The molecule has 0 bridgehead atoms. The molecule has 3 atom stereocenters. The lowest BCUT2D eigenvalue weighted by Gasteiger charge is -2.41. The van der Waals surface area contributed by atoms with Gasteiger partial charge >= 0.3 is 24.7 Å². The standard InChI is InChI=1S/C41H44F12P2/c1-25(34-16-10-17-35(34)36-15-8-9-18-37(36)55(30-11-4-2-5-12-30)31-13-6-3-7-14-31)54(32-21-26(38(42,43)44)19-27(22-32)39(45,46)47)33-23-28(40(48,49)50)20-29(24-33)41(51,52)53/h8-9,15,18-25,30-31,34-35H,2-7,10-14,16-17H2,1H3/t25-,34?,35?/m0/s1. The predicted molar refractivity (Wildman–Crippen MR) is 195 cm³/mol. The first-order valence-electron chi connectivity index (χ1n) is 19.0. The van der Waals surface area contributed by atoms with Gasteiger partial charge in [-0.05, 0) is 133 Å². The van der Waals surface area contributed by atoms with Crippen molar-refractivity contribution in [2.45, 2.75) is 138 Å². The summed E-state index contributed by atoms with van der Waals surface area (Å²) in [7, 11) is -3.27. The van der Waals surface area contributed by atoms with Crippen LogP contribution >= 0.6 is 15.8 Å². The molecule has 0 saturated heterocycles. The van der Waals surface area contributed by atoms with Gasteiger partial charge in [0, 0.05) is 0 Å². The van der Waals surface area contributed by atoms with E-state index in [0.29, 0.717) is 54.8 Å². The molecule has 3 saturated carbocycles. The summed E-state index contributed by atoms with van der Waals surface area (Å²) in [6.07, 6.45) is -7.96. The topological polar surface area (TPSA) is 0 Å². The number of alkyl halides is 12. The van der Waals surface area contributed by atoms with E-state index in [-0.39, 0.29) is 18.1 Å². The van der Waals surface area contributed by atoms with Crippen molar-refractivity contribution in [3.8, 4) is 0 Å². The van der Waals surface area contributed by atoms with E-state index in [1.165, 1.54) is 18.1 Å². The number of halogens is 12. The van der Waals surface area contributed by atoms with Crippen LogP contribution in [-0.2, 0) is 24.7 Å². The van der Waals surface area contributed by atoms with Crippen LogP contribution in [0.3, 0.4) is 0 Å². The molecule has 3 aromatic carbocycles. The molecule has 14 heteroatoms. The molecule has 3 fully saturated rings. The highest BCUT2D eigenvalue weighted by Crippen LogP contribution is 2.59. The maximum absolute atomic E-state index is 14.2. The van der Waals surface area contributed by atoms with Crippen molar-refractivity contribution in [1.82, 2.24) is 0 Å². The highest BCUT2D eigenvalue weighted by atomic mass is 31.1. The van der Waals surface area contributed by atoms with Crippen molar-refractivity contribution in [2.24, 2.45) is 5.92 Å². The molecule has 0 spiro atoms. The van der Waals surface area contributed by atoms with Crippen molar-refractivity contribution in [1.29, 1.82) is 0 Å². The number of rotatable bonds is 8. The van der Waals surface area contributed by atoms with Gasteiger partial charge in [-0.3, -0.25) is 0 Å². The first-order chi connectivity index (χ1) is 25.7. The van der Waals surface area contributed by atoms with E-state index >= 15 is 0 Å². The van der Waals surface area contributed by atoms with E-state index in [1.807, 2.05) is 18.2 Å². The van der Waals surface area contributed by atoms with Gasteiger partial charge in [0.15, 0.2) is 0 Å². The zero-order valence-electron chi connectivity index (χ0n) is 30.3. The van der Waals surface area contributed by atoms with E-state index in [1.54, 1.807) is 6.92 Å². The zero-order chi connectivity index (χ0) is 39.9. The molecule has 0 radical (unpaired) electrons. The molecule has 0 heterocycles. The van der Waals surface area contributed by atoms with E-state index in [9.17, 15) is 52.7 Å². The van der Waals surface area contributed by atoms with Gasteiger partial charge in [0.2, 0.25) is 0 Å². The molecule has 3 aromatic rings. The molecular formula is C41H44F12P2. The van der Waals surface area contributed by atoms with E-state index in [4.69, 9.17) is 0 Å². The van der Waals surface area contributed by atoms with E-state index in [0.717, 1.165) is 56.9 Å². The fourth-order valence-corrected chi connectivity index (χ4v) is 16.5. The summed E-state index contributed by atoms with van der Waals surface area (Å²) in [5, 5.41) is 0.118. The molecule has 0 aliphatic heterocycles. The van der Waals surface area contributed by atoms with Crippen LogP contribution in [0.2, 0.25) is 0 Å². The number of hydrogen-bond acceptors (Lipinski definition) is 0. The third-order valence-corrected chi connectivity index (χ3v) is 18.2. The number of hydrogen-bond donors (Lipinski definition) is 0. The van der Waals surface area contributed by atoms with Gasteiger partial charge < -0.3 is 0 Å². The molecule has 0 nitrogen and oxygen atoms in total. The van der Waals surface area contributed by atoms with Gasteiger partial charge in [-0.1, -0.05) is 84.1 Å². The predicted octanol–water partition coefficient (Wildman–Crippen LogP) is 13.9. The Hall–Kier alpha value is -2.32. The van der Waals surface area contributed by atoms with Crippen LogP contribution in [0.4, 0.5) is 52.7 Å². The van der Waals surface area contributed by atoms with Gasteiger partial charge in [-0.25, -0.2) is 0 Å². The lowest BCUT2D eigenvalue weighted by molar-refractivity contribution is -0.144. The minimum Gasteiger partial charge on any atom is -0.166 e. The second-order valence-corrected chi connectivity index (χ2v) is 20.7. The van der Waals surface area contributed by atoms with Crippen LogP contribution < -0.4 is 15.9 Å². The molecule has 3 aliphatic carbocycles. The van der Waals surface area contributed by atoms with Crippen molar-refractivity contribution < 1.29 is 52.7 Å². The van der Waals surface area contributed by atoms with Crippen LogP contribution in [-0.4, -0.2) is 17.0 Å². The van der Waals surface area contributed by atoms with Gasteiger partial charge in [-0.15, -0.1) is 0 Å². The van der Waals surface area contributed by atoms with Gasteiger partial charge in [0.05, 0.1) is 22.3 Å². The second-order valence-electron chi connectivity index (χ2n) is 15.4. The normalized spacial score (nSPS) is 21.8. The summed E-state index contributed by atoms with van der Waals surface area (Å²) in [4.78, 5) is 0. The summed E-state index contributed by atoms with van der Waals surface area (Å²) in [6, 6.07) is 9.92. The van der Waals surface area contributed by atoms with Crippen molar-refractivity contribution >= 4 is 31.8 Å². The quantitative estimate of drug-likeness (QED) is 0.157. The van der Waals surface area contributed by atoms with Crippen LogP contribution in [0.1, 0.15) is 124 Å². The molecular weight excluding hydrogens is 782 g/mol. The Bertz CT molecular complexity index is 1610. The summed E-state index contributed by atoms with van der Waals surface area (Å²) in [5.41, 5.74) is -5.47. The van der Waals surface area contributed by atoms with Gasteiger partial charge in [0.1, 0.15) is 0 Å². The summed E-state index contributed by atoms with van der Waals surface area (Å²) in [6.45, 7) is 1.59. The SMILES string of the molecule is C[C@@H](C1CCCC1c1ccccc1P(C1CCCCC1)C1CCCCC1)P(c1cc(C(F)(F)F)cc(C(F)(F)F)c1)c1cc(C(F)(F)F)cc(C(F)(F)F)c1. The number of benzene rings is 3. The largest absolute Gasteiger partial charge is 0.416 e. The Labute approximate surface area is 316 Å². The van der Waals surface area contributed by atoms with Crippen molar-refractivity contribution in [2.75, 3.05) is 0 Å². The first kappa shape index (κ1) is 42.3. The van der Waals surface area contributed by atoms with Crippen LogP contribution in [0.25, 0.3) is 0 Å². The molecule has 0 amide bonds. The Morgan fingerprint density at radius 3 is 1.29 bits per heavy atom. The zero-order valence-corrected chi connectivity index (χ0v) is 32.1. The maximum atomic E-state index is 14.2. The van der Waals surface area contributed by atoms with Crippen LogP contribution in [0, 0.1) is 5.92 Å². The van der Waals surface area contributed by atoms with Crippen molar-refractivity contribution in [3.63, 3.8) is 0 Å². The van der Waals surface area contributed by atoms with Crippen molar-refractivity contribution in [3.05, 3.63) is 88.5 Å². The Morgan fingerprint density at radius 2 is 0.891 bits per heavy atom. The minimum atomic E-state index is -5.27. The van der Waals surface area contributed by atoms with Gasteiger partial charge in [0.25, 0.3) is 0 Å². The Balaban J connectivity index is 1.52. The van der Waals surface area contributed by atoms with E-state index < -0.39 is 85.0 Å². The average Bonchev–Trinajstić information content (AvgIpc) is 3.61. The molecule has 6 rings (SSSR count). The van der Waals surface area contributed by atoms with Gasteiger partial charge in [-0.2, -0.15) is 52.7 Å². The Kier molecular flexibility index (Phi) is 12.7. The third-order valence-electron chi connectivity index (χ3n) is 11.8. The highest BCUT2D eigenvalue weighted by Gasteiger charge is 2.45. The fraction of sp³-hybridized carbons (Fsp3) is 0.561. The lowest BCUT2D eigenvalue weighted by Crippen LogP contribution is -2.32. The molecule has 0 aromatic heterocycles. The maximum Gasteiger partial charge on any atom is 0.416 e. The van der Waals surface area contributed by atoms with E-state index in [2.05, 4.69) is 6.07 Å².